The maximum Gasteiger partial charge on any atom is 0.286 e. The molecule has 182 valence electrons. The van der Waals surface area contributed by atoms with Gasteiger partial charge in [0.15, 0.2) is 0 Å². The third kappa shape index (κ3) is 6.18. The fraction of sp³-hybridized carbons (Fsp3) is 0.292. The Hall–Kier alpha value is -3.86. The van der Waals surface area contributed by atoms with Crippen LogP contribution in [-0.4, -0.2) is 53.0 Å². The van der Waals surface area contributed by atoms with Crippen LogP contribution in [-0.2, 0) is 11.3 Å². The van der Waals surface area contributed by atoms with E-state index in [9.17, 15) is 18.8 Å². The fourth-order valence-electron chi connectivity index (χ4n) is 3.75. The van der Waals surface area contributed by atoms with E-state index in [1.165, 1.54) is 24.3 Å². The second-order valence-corrected chi connectivity index (χ2v) is 9.01. The van der Waals surface area contributed by atoms with Gasteiger partial charge in [0.1, 0.15) is 11.6 Å². The molecule has 11 heteroatoms. The summed E-state index contributed by atoms with van der Waals surface area (Å²) < 4.78 is 18.2. The summed E-state index contributed by atoms with van der Waals surface area (Å²) in [6.45, 7) is 1.12. The van der Waals surface area contributed by atoms with Crippen LogP contribution in [0.3, 0.4) is 0 Å². The third-order valence-corrected chi connectivity index (χ3v) is 6.49. The van der Waals surface area contributed by atoms with Gasteiger partial charge in [-0.3, -0.25) is 14.4 Å². The van der Waals surface area contributed by atoms with E-state index in [4.69, 9.17) is 4.74 Å². The van der Waals surface area contributed by atoms with Gasteiger partial charge in [0, 0.05) is 25.3 Å². The molecule has 1 saturated heterocycles. The standard InChI is InChI=1S/C24H24FN5O4S/c1-34-19-6-2-4-15(12-19)13-26-20(31)16-5-3-11-30(14-16)24(33)23-29-28-22(35-23)21(32)27-18-9-7-17(25)8-10-18/h2,4,6-10,12,16H,3,5,11,13-14H2,1H3,(H,26,31)(H,27,32)/t16-/m0/s1. The van der Waals surface area contributed by atoms with E-state index in [0.717, 1.165) is 16.9 Å². The molecular formula is C24H24FN5O4S. The van der Waals surface area contributed by atoms with E-state index >= 15 is 0 Å². The summed E-state index contributed by atoms with van der Waals surface area (Å²) >= 11 is 0.874. The summed E-state index contributed by atoms with van der Waals surface area (Å²) in [5.41, 5.74) is 1.32. The number of carbonyl (C=O) groups is 3. The van der Waals surface area contributed by atoms with E-state index in [1.807, 2.05) is 24.3 Å². The number of benzene rings is 2. The quantitative estimate of drug-likeness (QED) is 0.519. The van der Waals surface area contributed by atoms with E-state index < -0.39 is 11.7 Å². The molecular weight excluding hydrogens is 473 g/mol. The van der Waals surface area contributed by atoms with E-state index in [2.05, 4.69) is 20.8 Å². The van der Waals surface area contributed by atoms with Crippen LogP contribution in [0.1, 0.15) is 38.0 Å². The Kier molecular flexibility index (Phi) is 7.66. The minimum atomic E-state index is -0.540. The highest BCUT2D eigenvalue weighted by Gasteiger charge is 2.30. The van der Waals surface area contributed by atoms with Crippen LogP contribution in [0.4, 0.5) is 10.1 Å². The van der Waals surface area contributed by atoms with Gasteiger partial charge in [-0.2, -0.15) is 0 Å². The highest BCUT2D eigenvalue weighted by molar-refractivity contribution is 7.15. The van der Waals surface area contributed by atoms with E-state index in [0.29, 0.717) is 37.4 Å². The lowest BCUT2D eigenvalue weighted by molar-refractivity contribution is -0.126. The maximum absolute atomic E-state index is 13.0. The average Bonchev–Trinajstić information content (AvgIpc) is 3.39. The third-order valence-electron chi connectivity index (χ3n) is 5.58. The first-order valence-corrected chi connectivity index (χ1v) is 11.8. The molecule has 0 bridgehead atoms. The monoisotopic (exact) mass is 497 g/mol. The van der Waals surface area contributed by atoms with E-state index in [-0.39, 0.29) is 34.3 Å². The molecule has 1 aromatic heterocycles. The molecule has 4 rings (SSSR count). The first kappa shape index (κ1) is 24.3. The molecule has 2 N–H and O–H groups in total. The van der Waals surface area contributed by atoms with Crippen LogP contribution in [0.5, 0.6) is 5.75 Å². The summed E-state index contributed by atoms with van der Waals surface area (Å²) in [7, 11) is 1.59. The molecule has 2 aromatic carbocycles. The predicted octanol–water partition coefficient (Wildman–Crippen LogP) is 3.11. The van der Waals surface area contributed by atoms with Crippen LogP contribution in [0.2, 0.25) is 0 Å². The summed E-state index contributed by atoms with van der Waals surface area (Å²) in [6, 6.07) is 12.8. The van der Waals surface area contributed by atoms with Gasteiger partial charge < -0.3 is 20.3 Å². The summed E-state index contributed by atoms with van der Waals surface area (Å²) in [5, 5.41) is 13.3. The number of hydrogen-bond donors (Lipinski definition) is 2. The number of methoxy groups -OCH3 is 1. The number of amides is 3. The van der Waals surface area contributed by atoms with E-state index in [1.54, 1.807) is 12.0 Å². The van der Waals surface area contributed by atoms with Crippen molar-refractivity contribution in [3.63, 3.8) is 0 Å². The molecule has 35 heavy (non-hydrogen) atoms. The predicted molar refractivity (Wildman–Crippen MR) is 128 cm³/mol. The number of anilines is 1. The molecule has 1 fully saturated rings. The molecule has 1 aliphatic rings. The number of hydrogen-bond acceptors (Lipinski definition) is 7. The van der Waals surface area contributed by atoms with Crippen LogP contribution in [0, 0.1) is 11.7 Å². The van der Waals surface area contributed by atoms with Crippen LogP contribution < -0.4 is 15.4 Å². The number of rotatable bonds is 7. The number of nitrogens with zero attached hydrogens (tertiary/aromatic N) is 3. The largest absolute Gasteiger partial charge is 0.497 e. The Morgan fingerprint density at radius 3 is 2.69 bits per heavy atom. The van der Waals surface area contributed by atoms with Crippen molar-refractivity contribution < 1.29 is 23.5 Å². The number of halogens is 1. The Morgan fingerprint density at radius 1 is 1.14 bits per heavy atom. The summed E-state index contributed by atoms with van der Waals surface area (Å²) in [5.74, 6) is -1.07. The van der Waals surface area contributed by atoms with Crippen molar-refractivity contribution in [3.8, 4) is 5.75 Å². The normalized spacial score (nSPS) is 15.4. The lowest BCUT2D eigenvalue weighted by Crippen LogP contribution is -2.45. The van der Waals surface area contributed by atoms with Gasteiger partial charge in [-0.1, -0.05) is 23.5 Å². The molecule has 0 spiro atoms. The number of piperidine rings is 1. The number of aromatic nitrogens is 2. The number of likely N-dealkylation sites (tertiary alicyclic amines) is 1. The van der Waals surface area contributed by atoms with Crippen LogP contribution in [0.25, 0.3) is 0 Å². The van der Waals surface area contributed by atoms with Gasteiger partial charge in [-0.05, 0) is 54.8 Å². The first-order chi connectivity index (χ1) is 16.9. The molecule has 0 radical (unpaired) electrons. The highest BCUT2D eigenvalue weighted by Crippen LogP contribution is 2.21. The van der Waals surface area contributed by atoms with Gasteiger partial charge >= 0.3 is 0 Å². The van der Waals surface area contributed by atoms with Gasteiger partial charge in [0.05, 0.1) is 13.0 Å². The molecule has 0 saturated carbocycles. The zero-order valence-corrected chi connectivity index (χ0v) is 19.8. The second kappa shape index (κ2) is 11.0. The Bertz CT molecular complexity index is 1220. The van der Waals surface area contributed by atoms with Gasteiger partial charge in [0.2, 0.25) is 15.9 Å². The molecule has 1 atom stereocenters. The summed E-state index contributed by atoms with van der Waals surface area (Å²) in [4.78, 5) is 39.7. The molecule has 3 amide bonds. The average molecular weight is 498 g/mol. The SMILES string of the molecule is COc1cccc(CNC(=O)[C@H]2CCCN(C(=O)c3nnc(C(=O)Nc4ccc(F)cc4)s3)C2)c1. The van der Waals surface area contributed by atoms with Crippen molar-refractivity contribution in [2.45, 2.75) is 19.4 Å². The van der Waals surface area contributed by atoms with Crippen LogP contribution >= 0.6 is 11.3 Å². The van der Waals surface area contributed by atoms with Crippen molar-refractivity contribution in [3.05, 3.63) is 69.9 Å². The first-order valence-electron chi connectivity index (χ1n) is 11.0. The van der Waals surface area contributed by atoms with Crippen LogP contribution in [0.15, 0.2) is 48.5 Å². The lowest BCUT2D eigenvalue weighted by Gasteiger charge is -2.31. The minimum absolute atomic E-state index is 0.0160. The minimum Gasteiger partial charge on any atom is -0.497 e. The number of carbonyl (C=O) groups excluding carboxylic acids is 3. The van der Waals surface area contributed by atoms with Gasteiger partial charge in [-0.15, -0.1) is 10.2 Å². The van der Waals surface area contributed by atoms with Crippen molar-refractivity contribution in [2.24, 2.45) is 5.92 Å². The molecule has 0 aliphatic carbocycles. The summed E-state index contributed by atoms with van der Waals surface area (Å²) in [6.07, 6.45) is 1.36. The molecule has 1 aliphatic heterocycles. The van der Waals surface area contributed by atoms with Crippen molar-refractivity contribution in [2.75, 3.05) is 25.5 Å². The van der Waals surface area contributed by atoms with Crippen molar-refractivity contribution >= 4 is 34.7 Å². The van der Waals surface area contributed by atoms with Gasteiger partial charge in [-0.25, -0.2) is 4.39 Å². The Morgan fingerprint density at radius 2 is 1.91 bits per heavy atom. The number of ether oxygens (including phenoxy) is 1. The molecule has 9 nitrogen and oxygen atoms in total. The lowest BCUT2D eigenvalue weighted by atomic mass is 9.97. The zero-order valence-electron chi connectivity index (χ0n) is 19.0. The Balaban J connectivity index is 1.33. The maximum atomic E-state index is 13.0. The molecule has 2 heterocycles. The molecule has 0 unspecified atom stereocenters. The van der Waals surface area contributed by atoms with Crippen molar-refractivity contribution in [1.29, 1.82) is 0 Å². The number of nitrogens with one attached hydrogen (secondary N) is 2. The van der Waals surface area contributed by atoms with Gasteiger partial charge in [0.25, 0.3) is 11.8 Å². The second-order valence-electron chi connectivity index (χ2n) is 8.03. The fourth-order valence-corrected chi connectivity index (χ4v) is 4.45. The highest BCUT2D eigenvalue weighted by atomic mass is 32.1. The molecule has 3 aromatic rings. The smallest absolute Gasteiger partial charge is 0.286 e. The zero-order chi connectivity index (χ0) is 24.8. The topological polar surface area (TPSA) is 114 Å². The Labute approximate surface area is 205 Å². The van der Waals surface area contributed by atoms with Crippen molar-refractivity contribution in [1.82, 2.24) is 20.4 Å².